The quantitative estimate of drug-likeness (QED) is 0.621. The highest BCUT2D eigenvalue weighted by molar-refractivity contribution is 5.83. The molecule has 0 unspecified atom stereocenters. The first-order valence-corrected chi connectivity index (χ1v) is 11.5. The minimum Gasteiger partial charge on any atom is -0.481 e. The fourth-order valence-corrected chi connectivity index (χ4v) is 4.73. The standard InChI is InChI=1S/C14H19NO2.C12H15NO2/c1-2-17-13(16)14(8-10-15-11-9-14)12-6-4-3-5-7-12;14-11(15)12(6-8-13-9-7-12)10-4-2-1-3-5-10/h3-7,15H,2,8-11H2,1H3;1-5,13H,6-9H2,(H,14,15). The van der Waals surface area contributed by atoms with Gasteiger partial charge in [-0.15, -0.1) is 0 Å². The Balaban J connectivity index is 0.000000182. The zero-order valence-corrected chi connectivity index (χ0v) is 18.8. The maximum absolute atomic E-state index is 12.3. The highest BCUT2D eigenvalue weighted by Crippen LogP contribution is 2.35. The van der Waals surface area contributed by atoms with Gasteiger partial charge in [0.05, 0.1) is 17.4 Å². The van der Waals surface area contributed by atoms with Crippen molar-refractivity contribution >= 4 is 11.9 Å². The van der Waals surface area contributed by atoms with Crippen molar-refractivity contribution in [3.05, 3.63) is 71.8 Å². The summed E-state index contributed by atoms with van der Waals surface area (Å²) in [6.45, 7) is 5.60. The van der Waals surface area contributed by atoms with Crippen molar-refractivity contribution in [2.45, 2.75) is 43.4 Å². The number of piperidine rings is 2. The molecular weight excluding hydrogens is 404 g/mol. The summed E-state index contributed by atoms with van der Waals surface area (Å²) >= 11 is 0. The minimum atomic E-state index is -0.699. The molecule has 32 heavy (non-hydrogen) atoms. The van der Waals surface area contributed by atoms with Gasteiger partial charge in [-0.3, -0.25) is 9.59 Å². The van der Waals surface area contributed by atoms with Gasteiger partial charge in [0.1, 0.15) is 0 Å². The Morgan fingerprint density at radius 2 is 1.19 bits per heavy atom. The number of rotatable bonds is 5. The van der Waals surface area contributed by atoms with Gasteiger partial charge in [-0.1, -0.05) is 60.7 Å². The topological polar surface area (TPSA) is 87.7 Å². The lowest BCUT2D eigenvalue weighted by Crippen LogP contribution is -2.46. The number of hydrogen-bond donors (Lipinski definition) is 3. The van der Waals surface area contributed by atoms with Crippen molar-refractivity contribution in [3.8, 4) is 0 Å². The maximum Gasteiger partial charge on any atom is 0.316 e. The van der Waals surface area contributed by atoms with Crippen LogP contribution in [-0.4, -0.2) is 49.8 Å². The smallest absolute Gasteiger partial charge is 0.316 e. The third-order valence-corrected chi connectivity index (χ3v) is 6.64. The van der Waals surface area contributed by atoms with Gasteiger partial charge in [-0.2, -0.15) is 0 Å². The summed E-state index contributed by atoms with van der Waals surface area (Å²) in [4.78, 5) is 23.7. The number of benzene rings is 2. The first-order chi connectivity index (χ1) is 15.5. The fraction of sp³-hybridized carbons (Fsp3) is 0.462. The van der Waals surface area contributed by atoms with Crippen molar-refractivity contribution in [1.29, 1.82) is 0 Å². The molecule has 6 nitrogen and oxygen atoms in total. The number of carboxylic acids is 1. The molecule has 2 aliphatic heterocycles. The Labute approximate surface area is 190 Å². The zero-order valence-electron chi connectivity index (χ0n) is 18.8. The molecule has 2 aliphatic rings. The fourth-order valence-electron chi connectivity index (χ4n) is 4.73. The molecule has 0 aliphatic carbocycles. The molecule has 6 heteroatoms. The van der Waals surface area contributed by atoms with Crippen molar-refractivity contribution in [1.82, 2.24) is 10.6 Å². The molecule has 0 saturated carbocycles. The van der Waals surface area contributed by atoms with Crippen LogP contribution in [0.4, 0.5) is 0 Å². The van der Waals surface area contributed by atoms with Gasteiger partial charge in [-0.25, -0.2) is 0 Å². The number of esters is 1. The van der Waals surface area contributed by atoms with E-state index in [0.29, 0.717) is 19.4 Å². The highest BCUT2D eigenvalue weighted by atomic mass is 16.5. The van der Waals surface area contributed by atoms with E-state index < -0.39 is 16.8 Å². The lowest BCUT2D eigenvalue weighted by atomic mass is 9.73. The van der Waals surface area contributed by atoms with E-state index in [2.05, 4.69) is 10.6 Å². The van der Waals surface area contributed by atoms with Crippen molar-refractivity contribution in [3.63, 3.8) is 0 Å². The molecule has 0 spiro atoms. The van der Waals surface area contributed by atoms with Gasteiger partial charge >= 0.3 is 11.9 Å². The molecule has 2 aromatic rings. The molecule has 3 N–H and O–H groups in total. The second-order valence-electron chi connectivity index (χ2n) is 8.42. The van der Waals surface area contributed by atoms with Crippen molar-refractivity contribution < 1.29 is 19.4 Å². The maximum atomic E-state index is 12.3. The Morgan fingerprint density at radius 3 is 1.59 bits per heavy atom. The van der Waals surface area contributed by atoms with E-state index in [1.165, 1.54) is 0 Å². The van der Waals surface area contributed by atoms with Gasteiger partial charge in [0.25, 0.3) is 0 Å². The largest absolute Gasteiger partial charge is 0.481 e. The molecule has 0 radical (unpaired) electrons. The first-order valence-electron chi connectivity index (χ1n) is 11.5. The molecule has 2 saturated heterocycles. The van der Waals surface area contributed by atoms with Crippen LogP contribution in [0.2, 0.25) is 0 Å². The van der Waals surface area contributed by atoms with Crippen LogP contribution < -0.4 is 10.6 Å². The molecular formula is C26H34N2O4. The van der Waals surface area contributed by atoms with Crippen LogP contribution in [0.25, 0.3) is 0 Å². The van der Waals surface area contributed by atoms with E-state index in [4.69, 9.17) is 4.74 Å². The summed E-state index contributed by atoms with van der Waals surface area (Å²) in [6, 6.07) is 19.6. The number of aliphatic carboxylic acids is 1. The van der Waals surface area contributed by atoms with Gasteiger partial charge in [0, 0.05) is 0 Å². The van der Waals surface area contributed by atoms with E-state index in [0.717, 1.165) is 50.1 Å². The van der Waals surface area contributed by atoms with E-state index in [9.17, 15) is 14.7 Å². The number of nitrogens with one attached hydrogen (secondary N) is 2. The molecule has 0 bridgehead atoms. The lowest BCUT2D eigenvalue weighted by molar-refractivity contribution is -0.151. The molecule has 2 fully saturated rings. The average Bonchev–Trinajstić information content (AvgIpc) is 2.86. The Kier molecular flexibility index (Phi) is 8.42. The summed E-state index contributed by atoms with van der Waals surface area (Å²) in [6.07, 6.45) is 2.98. The summed E-state index contributed by atoms with van der Waals surface area (Å²) in [7, 11) is 0. The van der Waals surface area contributed by atoms with E-state index in [-0.39, 0.29) is 5.97 Å². The van der Waals surface area contributed by atoms with Crippen LogP contribution >= 0.6 is 0 Å². The predicted octanol–water partition coefficient (Wildman–Crippen LogP) is 3.26. The SMILES string of the molecule is CCOC(=O)C1(c2ccccc2)CCNCC1.O=C(O)C1(c2ccccc2)CCNCC1. The monoisotopic (exact) mass is 438 g/mol. The Hall–Kier alpha value is -2.70. The molecule has 172 valence electrons. The second kappa shape index (κ2) is 11.2. The van der Waals surface area contributed by atoms with E-state index >= 15 is 0 Å². The normalized spacial score (nSPS) is 19.2. The predicted molar refractivity (Wildman–Crippen MR) is 125 cm³/mol. The molecule has 2 heterocycles. The van der Waals surface area contributed by atoms with Crippen molar-refractivity contribution in [2.75, 3.05) is 32.8 Å². The first kappa shape index (κ1) is 24.0. The van der Waals surface area contributed by atoms with Crippen LogP contribution in [-0.2, 0) is 25.2 Å². The Bertz CT molecular complexity index is 858. The summed E-state index contributed by atoms with van der Waals surface area (Å²) < 4.78 is 5.27. The highest BCUT2D eigenvalue weighted by Gasteiger charge is 2.42. The lowest BCUT2D eigenvalue weighted by Gasteiger charge is -2.35. The number of carbonyl (C=O) groups is 2. The number of carboxylic acid groups (broad SMARTS) is 1. The van der Waals surface area contributed by atoms with Gasteiger partial charge in [0.2, 0.25) is 0 Å². The van der Waals surface area contributed by atoms with Gasteiger partial charge in [0.15, 0.2) is 0 Å². The summed E-state index contributed by atoms with van der Waals surface area (Å²) in [5.41, 5.74) is 0.897. The third-order valence-electron chi connectivity index (χ3n) is 6.64. The van der Waals surface area contributed by atoms with Crippen LogP contribution in [0.15, 0.2) is 60.7 Å². The van der Waals surface area contributed by atoms with Crippen LogP contribution in [0.3, 0.4) is 0 Å². The summed E-state index contributed by atoms with van der Waals surface area (Å²) in [5, 5.41) is 15.9. The average molecular weight is 439 g/mol. The van der Waals surface area contributed by atoms with Crippen LogP contribution in [0, 0.1) is 0 Å². The molecule has 4 rings (SSSR count). The number of carbonyl (C=O) groups excluding carboxylic acids is 1. The van der Waals surface area contributed by atoms with Crippen LogP contribution in [0.1, 0.15) is 43.7 Å². The van der Waals surface area contributed by atoms with Crippen LogP contribution in [0.5, 0.6) is 0 Å². The second-order valence-corrected chi connectivity index (χ2v) is 8.42. The minimum absolute atomic E-state index is 0.0762. The zero-order chi connectivity index (χ0) is 22.9. The Morgan fingerprint density at radius 1 is 0.781 bits per heavy atom. The molecule has 0 amide bonds. The summed E-state index contributed by atoms with van der Waals surface area (Å²) in [5.74, 6) is -0.775. The number of ether oxygens (including phenoxy) is 1. The molecule has 2 aromatic carbocycles. The molecule has 0 aromatic heterocycles. The number of hydrogen-bond acceptors (Lipinski definition) is 5. The van der Waals surface area contributed by atoms with Crippen molar-refractivity contribution in [2.24, 2.45) is 0 Å². The van der Waals surface area contributed by atoms with E-state index in [1.807, 2.05) is 67.6 Å². The van der Waals surface area contributed by atoms with Gasteiger partial charge < -0.3 is 20.5 Å². The van der Waals surface area contributed by atoms with Gasteiger partial charge in [-0.05, 0) is 69.9 Å². The molecule has 0 atom stereocenters. The van der Waals surface area contributed by atoms with E-state index in [1.54, 1.807) is 0 Å². The third kappa shape index (κ3) is 5.19.